The van der Waals surface area contributed by atoms with E-state index in [1.54, 1.807) is 11.3 Å². The lowest BCUT2D eigenvalue weighted by atomic mass is 10.1. The summed E-state index contributed by atoms with van der Waals surface area (Å²) in [5.74, 6) is -0.327. The van der Waals surface area contributed by atoms with Crippen LogP contribution in [0.3, 0.4) is 0 Å². The minimum Gasteiger partial charge on any atom is -0.324 e. The summed E-state index contributed by atoms with van der Waals surface area (Å²) in [4.78, 5) is 32.6. The summed E-state index contributed by atoms with van der Waals surface area (Å²) in [5, 5.41) is 6.93. The highest BCUT2D eigenvalue weighted by Gasteiger charge is 2.19. The zero-order valence-electron chi connectivity index (χ0n) is 20.5. The molecule has 3 aromatic carbocycles. The lowest BCUT2D eigenvalue weighted by Crippen LogP contribution is -2.38. The van der Waals surface area contributed by atoms with Gasteiger partial charge < -0.3 is 10.6 Å². The highest BCUT2D eigenvalue weighted by Crippen LogP contribution is 2.24. The van der Waals surface area contributed by atoms with Gasteiger partial charge >= 0.3 is 0 Å². The molecule has 180 valence electrons. The van der Waals surface area contributed by atoms with E-state index in [9.17, 15) is 9.59 Å². The number of hydrogen-bond acceptors (Lipinski definition) is 5. The summed E-state index contributed by atoms with van der Waals surface area (Å²) in [6.45, 7) is 8.44. The molecular formula is C28H30N4O2S. The van der Waals surface area contributed by atoms with Gasteiger partial charge in [0.2, 0.25) is 11.8 Å². The zero-order chi connectivity index (χ0) is 24.9. The average Bonchev–Trinajstić information content (AvgIpc) is 3.21. The van der Waals surface area contributed by atoms with Crippen LogP contribution in [0, 0.1) is 27.7 Å². The fourth-order valence-corrected chi connectivity index (χ4v) is 5.14. The summed E-state index contributed by atoms with van der Waals surface area (Å²) < 4.78 is 1.09. The first-order valence-corrected chi connectivity index (χ1v) is 12.4. The maximum atomic E-state index is 13.0. The number of para-hydroxylation sites is 3. The second kappa shape index (κ2) is 10.8. The smallest absolute Gasteiger partial charge is 0.238 e. The van der Waals surface area contributed by atoms with Gasteiger partial charge in [0.15, 0.2) is 0 Å². The molecule has 1 aromatic heterocycles. The fraction of sp³-hybridized carbons (Fsp3) is 0.250. The molecule has 2 N–H and O–H groups in total. The molecule has 0 radical (unpaired) electrons. The van der Waals surface area contributed by atoms with Crippen molar-refractivity contribution in [1.29, 1.82) is 0 Å². The van der Waals surface area contributed by atoms with E-state index in [1.807, 2.05) is 93.3 Å². The number of rotatable bonds is 8. The number of carbonyl (C=O) groups excluding carboxylic acids is 2. The Labute approximate surface area is 210 Å². The van der Waals surface area contributed by atoms with Crippen LogP contribution in [0.5, 0.6) is 0 Å². The number of carbonyl (C=O) groups is 2. The molecule has 0 aliphatic rings. The fourth-order valence-electron chi connectivity index (χ4n) is 4.13. The molecule has 4 aromatic rings. The average molecular weight is 487 g/mol. The predicted octanol–water partition coefficient (Wildman–Crippen LogP) is 5.61. The molecule has 0 spiro atoms. The Morgan fingerprint density at radius 2 is 1.23 bits per heavy atom. The van der Waals surface area contributed by atoms with Crippen molar-refractivity contribution in [2.45, 2.75) is 34.2 Å². The summed E-state index contributed by atoms with van der Waals surface area (Å²) in [5.41, 5.74) is 6.57. The number of anilines is 2. The topological polar surface area (TPSA) is 74.3 Å². The van der Waals surface area contributed by atoms with E-state index in [0.717, 1.165) is 48.9 Å². The molecule has 0 fully saturated rings. The van der Waals surface area contributed by atoms with Crippen LogP contribution >= 0.6 is 11.3 Å². The van der Waals surface area contributed by atoms with Gasteiger partial charge in [0, 0.05) is 11.4 Å². The Balaban J connectivity index is 1.52. The molecule has 0 saturated heterocycles. The number of hydrogen-bond donors (Lipinski definition) is 2. The van der Waals surface area contributed by atoms with Crippen molar-refractivity contribution in [1.82, 2.24) is 9.88 Å². The van der Waals surface area contributed by atoms with Gasteiger partial charge in [-0.1, -0.05) is 48.5 Å². The normalized spacial score (nSPS) is 11.1. The number of nitrogens with zero attached hydrogens (tertiary/aromatic N) is 2. The van der Waals surface area contributed by atoms with Gasteiger partial charge in [-0.05, 0) is 62.1 Å². The molecule has 1 heterocycles. The molecule has 4 rings (SSSR count). The molecule has 0 aliphatic carbocycles. The number of fused-ring (bicyclic) bond motifs is 1. The summed E-state index contributed by atoms with van der Waals surface area (Å²) in [6.07, 6.45) is 0. The number of amides is 2. The maximum Gasteiger partial charge on any atom is 0.238 e. The molecule has 0 bridgehead atoms. The van der Waals surface area contributed by atoms with Crippen LogP contribution in [-0.4, -0.2) is 34.8 Å². The quantitative estimate of drug-likeness (QED) is 0.340. The zero-order valence-corrected chi connectivity index (χ0v) is 21.3. The van der Waals surface area contributed by atoms with E-state index in [-0.39, 0.29) is 24.9 Å². The number of benzene rings is 3. The number of aryl methyl sites for hydroxylation is 4. The lowest BCUT2D eigenvalue weighted by molar-refractivity contribution is -0.120. The minimum absolute atomic E-state index is 0.0733. The first kappa shape index (κ1) is 24.6. The van der Waals surface area contributed by atoms with Crippen LogP contribution in [-0.2, 0) is 16.1 Å². The molecule has 0 saturated carbocycles. The molecular weight excluding hydrogens is 456 g/mol. The largest absolute Gasteiger partial charge is 0.324 e. The van der Waals surface area contributed by atoms with E-state index in [2.05, 4.69) is 10.6 Å². The lowest BCUT2D eigenvalue weighted by Gasteiger charge is -2.21. The standard InChI is InChI=1S/C28H30N4O2S/c1-18-9-7-10-19(2)27(18)30-24(33)15-32(17-26-29-22-13-5-6-14-23(22)35-26)16-25(34)31-28-20(3)11-8-12-21(28)4/h5-14H,15-17H2,1-4H3,(H,30,33)(H,31,34). The second-order valence-corrected chi connectivity index (χ2v) is 9.97. The highest BCUT2D eigenvalue weighted by molar-refractivity contribution is 7.18. The van der Waals surface area contributed by atoms with Gasteiger partial charge in [-0.25, -0.2) is 4.98 Å². The van der Waals surface area contributed by atoms with Crippen molar-refractivity contribution in [2.75, 3.05) is 23.7 Å². The minimum atomic E-state index is -0.164. The van der Waals surface area contributed by atoms with Gasteiger partial charge in [-0.3, -0.25) is 14.5 Å². The van der Waals surface area contributed by atoms with Crippen molar-refractivity contribution in [3.8, 4) is 0 Å². The molecule has 35 heavy (non-hydrogen) atoms. The first-order chi connectivity index (χ1) is 16.8. The Kier molecular flexibility index (Phi) is 7.58. The number of nitrogens with one attached hydrogen (secondary N) is 2. The third kappa shape index (κ3) is 6.12. The van der Waals surface area contributed by atoms with Gasteiger partial charge in [0.25, 0.3) is 0 Å². The van der Waals surface area contributed by atoms with Crippen LogP contribution in [0.4, 0.5) is 11.4 Å². The Morgan fingerprint density at radius 3 is 1.71 bits per heavy atom. The SMILES string of the molecule is Cc1cccc(C)c1NC(=O)CN(CC(=O)Nc1c(C)cccc1C)Cc1nc2ccccc2s1. The third-order valence-electron chi connectivity index (χ3n) is 5.92. The van der Waals surface area contributed by atoms with Crippen molar-refractivity contribution >= 4 is 44.7 Å². The van der Waals surface area contributed by atoms with Gasteiger partial charge in [-0.15, -0.1) is 11.3 Å². The third-order valence-corrected chi connectivity index (χ3v) is 6.94. The van der Waals surface area contributed by atoms with Crippen LogP contribution in [0.25, 0.3) is 10.2 Å². The highest BCUT2D eigenvalue weighted by atomic mass is 32.1. The van der Waals surface area contributed by atoms with Crippen LogP contribution in [0.2, 0.25) is 0 Å². The summed E-state index contributed by atoms with van der Waals surface area (Å²) in [6, 6.07) is 19.8. The van der Waals surface area contributed by atoms with Crippen LogP contribution < -0.4 is 10.6 Å². The van der Waals surface area contributed by atoms with E-state index >= 15 is 0 Å². The predicted molar refractivity (Wildman–Crippen MR) is 144 cm³/mol. The Morgan fingerprint density at radius 1 is 0.743 bits per heavy atom. The second-order valence-electron chi connectivity index (χ2n) is 8.85. The Bertz CT molecular complexity index is 1240. The monoisotopic (exact) mass is 486 g/mol. The van der Waals surface area contributed by atoms with Gasteiger partial charge in [0.1, 0.15) is 5.01 Å². The van der Waals surface area contributed by atoms with E-state index in [4.69, 9.17) is 4.98 Å². The first-order valence-electron chi connectivity index (χ1n) is 11.6. The molecule has 2 amide bonds. The van der Waals surface area contributed by atoms with Crippen LogP contribution in [0.1, 0.15) is 27.3 Å². The van der Waals surface area contributed by atoms with E-state index < -0.39 is 0 Å². The van der Waals surface area contributed by atoms with Gasteiger partial charge in [0.05, 0.1) is 29.9 Å². The number of thiazole rings is 1. The molecule has 0 aliphatic heterocycles. The number of aromatic nitrogens is 1. The molecule has 0 unspecified atom stereocenters. The van der Waals surface area contributed by atoms with Crippen molar-refractivity contribution < 1.29 is 9.59 Å². The summed E-state index contributed by atoms with van der Waals surface area (Å²) >= 11 is 1.58. The van der Waals surface area contributed by atoms with Crippen LogP contribution in [0.15, 0.2) is 60.7 Å². The van der Waals surface area contributed by atoms with Gasteiger partial charge in [-0.2, -0.15) is 0 Å². The Hall–Kier alpha value is -3.55. The van der Waals surface area contributed by atoms with E-state index in [1.165, 1.54) is 0 Å². The van der Waals surface area contributed by atoms with Crippen molar-refractivity contribution in [2.24, 2.45) is 0 Å². The molecule has 7 heteroatoms. The van der Waals surface area contributed by atoms with E-state index in [0.29, 0.717) is 6.54 Å². The molecule has 6 nitrogen and oxygen atoms in total. The van der Waals surface area contributed by atoms with Crippen molar-refractivity contribution in [3.05, 3.63) is 87.9 Å². The summed E-state index contributed by atoms with van der Waals surface area (Å²) in [7, 11) is 0. The maximum absolute atomic E-state index is 13.0. The molecule has 0 atom stereocenters. The van der Waals surface area contributed by atoms with Crippen molar-refractivity contribution in [3.63, 3.8) is 0 Å².